The van der Waals surface area contributed by atoms with Gasteiger partial charge < -0.3 is 14.8 Å². The van der Waals surface area contributed by atoms with Gasteiger partial charge in [0.25, 0.3) is 0 Å². The SMILES string of the molecule is COc1ccc(OC)c(NC(=O)C(F)(F)F)c1. The lowest BCUT2D eigenvalue weighted by molar-refractivity contribution is -0.167. The number of hydrogen-bond donors (Lipinski definition) is 1. The van der Waals surface area contributed by atoms with E-state index in [2.05, 4.69) is 0 Å². The zero-order valence-electron chi connectivity index (χ0n) is 9.09. The number of alkyl halides is 3. The van der Waals surface area contributed by atoms with Gasteiger partial charge in [0, 0.05) is 6.07 Å². The molecule has 0 unspecified atom stereocenters. The summed E-state index contributed by atoms with van der Waals surface area (Å²) in [6.45, 7) is 0. The maximum absolute atomic E-state index is 12.1. The van der Waals surface area contributed by atoms with Crippen LogP contribution in [0.25, 0.3) is 0 Å². The van der Waals surface area contributed by atoms with Gasteiger partial charge in [-0.3, -0.25) is 4.79 Å². The van der Waals surface area contributed by atoms with Gasteiger partial charge in [-0.1, -0.05) is 0 Å². The zero-order chi connectivity index (χ0) is 13.1. The van der Waals surface area contributed by atoms with E-state index in [0.29, 0.717) is 5.75 Å². The molecule has 0 aliphatic carbocycles. The lowest BCUT2D eigenvalue weighted by Crippen LogP contribution is -2.30. The molecule has 0 aliphatic heterocycles. The number of carbonyl (C=O) groups excluding carboxylic acids is 1. The average Bonchev–Trinajstić information content (AvgIpc) is 2.27. The number of halogens is 3. The van der Waals surface area contributed by atoms with Gasteiger partial charge in [0.1, 0.15) is 11.5 Å². The Balaban J connectivity index is 2.99. The Labute approximate surface area is 95.3 Å². The van der Waals surface area contributed by atoms with Crippen LogP contribution in [0.5, 0.6) is 11.5 Å². The van der Waals surface area contributed by atoms with Crippen LogP contribution in [0.2, 0.25) is 0 Å². The second kappa shape index (κ2) is 4.94. The van der Waals surface area contributed by atoms with Crippen LogP contribution < -0.4 is 14.8 Å². The van der Waals surface area contributed by atoms with Gasteiger partial charge in [0.15, 0.2) is 0 Å². The minimum Gasteiger partial charge on any atom is -0.497 e. The highest BCUT2D eigenvalue weighted by atomic mass is 19.4. The lowest BCUT2D eigenvalue weighted by atomic mass is 10.2. The number of benzene rings is 1. The van der Waals surface area contributed by atoms with Crippen molar-refractivity contribution in [1.82, 2.24) is 0 Å². The molecule has 1 N–H and O–H groups in total. The van der Waals surface area contributed by atoms with Gasteiger partial charge >= 0.3 is 12.1 Å². The van der Waals surface area contributed by atoms with E-state index in [1.165, 1.54) is 32.4 Å². The van der Waals surface area contributed by atoms with Crippen LogP contribution in [0.15, 0.2) is 18.2 Å². The summed E-state index contributed by atoms with van der Waals surface area (Å²) >= 11 is 0. The summed E-state index contributed by atoms with van der Waals surface area (Å²) in [7, 11) is 2.64. The molecule has 1 amide bonds. The number of hydrogen-bond acceptors (Lipinski definition) is 3. The molecule has 0 atom stereocenters. The van der Waals surface area contributed by atoms with Crippen molar-refractivity contribution >= 4 is 11.6 Å². The van der Waals surface area contributed by atoms with Crippen LogP contribution in [0.3, 0.4) is 0 Å². The van der Waals surface area contributed by atoms with Crippen LogP contribution in [0.1, 0.15) is 0 Å². The number of ether oxygens (including phenoxy) is 2. The molecule has 0 fully saturated rings. The summed E-state index contributed by atoms with van der Waals surface area (Å²) < 4.78 is 45.9. The molecule has 1 rings (SSSR count). The van der Waals surface area contributed by atoms with Crippen molar-refractivity contribution in [2.45, 2.75) is 6.18 Å². The number of anilines is 1. The number of carbonyl (C=O) groups is 1. The highest BCUT2D eigenvalue weighted by Gasteiger charge is 2.39. The van der Waals surface area contributed by atoms with Crippen molar-refractivity contribution in [3.63, 3.8) is 0 Å². The van der Waals surface area contributed by atoms with Gasteiger partial charge in [-0.05, 0) is 12.1 Å². The predicted molar refractivity (Wildman–Crippen MR) is 54.2 cm³/mol. The van der Waals surface area contributed by atoms with Crippen LogP contribution >= 0.6 is 0 Å². The molecule has 0 saturated carbocycles. The van der Waals surface area contributed by atoms with Gasteiger partial charge in [0.05, 0.1) is 19.9 Å². The van der Waals surface area contributed by atoms with Crippen LogP contribution in [-0.2, 0) is 4.79 Å². The van der Waals surface area contributed by atoms with Crippen molar-refractivity contribution in [2.75, 3.05) is 19.5 Å². The van der Waals surface area contributed by atoms with Crippen molar-refractivity contribution in [1.29, 1.82) is 0 Å². The monoisotopic (exact) mass is 249 g/mol. The van der Waals surface area contributed by atoms with Gasteiger partial charge in [-0.15, -0.1) is 0 Å². The van der Waals surface area contributed by atoms with E-state index in [4.69, 9.17) is 9.47 Å². The summed E-state index contributed by atoms with van der Waals surface area (Å²) in [6, 6.07) is 4.13. The molecule has 1 aromatic rings. The van der Waals surface area contributed by atoms with E-state index in [1.807, 2.05) is 0 Å². The molecule has 0 bridgehead atoms. The fourth-order valence-corrected chi connectivity index (χ4v) is 1.10. The first kappa shape index (κ1) is 13.1. The largest absolute Gasteiger partial charge is 0.497 e. The second-order valence-electron chi connectivity index (χ2n) is 3.02. The van der Waals surface area contributed by atoms with Crippen LogP contribution in [0.4, 0.5) is 18.9 Å². The summed E-state index contributed by atoms with van der Waals surface area (Å²) in [6.07, 6.45) is -4.95. The van der Waals surface area contributed by atoms with Crippen molar-refractivity contribution in [3.05, 3.63) is 18.2 Å². The van der Waals surface area contributed by atoms with Crippen molar-refractivity contribution < 1.29 is 27.4 Å². The van der Waals surface area contributed by atoms with Crippen molar-refractivity contribution in [3.8, 4) is 11.5 Å². The molecule has 7 heteroatoms. The van der Waals surface area contributed by atoms with E-state index < -0.39 is 12.1 Å². The molecular weight excluding hydrogens is 239 g/mol. The number of nitrogens with one attached hydrogen (secondary N) is 1. The van der Waals surface area contributed by atoms with Crippen molar-refractivity contribution in [2.24, 2.45) is 0 Å². The first-order valence-corrected chi connectivity index (χ1v) is 4.48. The molecule has 94 valence electrons. The normalized spacial score (nSPS) is 10.9. The Bertz CT molecular complexity index is 418. The maximum Gasteiger partial charge on any atom is 0.471 e. The number of amides is 1. The van der Waals surface area contributed by atoms with E-state index in [0.717, 1.165) is 0 Å². The summed E-state index contributed by atoms with van der Waals surface area (Å²) in [5.41, 5.74) is -0.103. The number of rotatable bonds is 3. The minimum absolute atomic E-state index is 0.103. The third-order valence-corrected chi connectivity index (χ3v) is 1.91. The third-order valence-electron chi connectivity index (χ3n) is 1.91. The second-order valence-corrected chi connectivity index (χ2v) is 3.02. The molecule has 0 aromatic heterocycles. The van der Waals surface area contributed by atoms with E-state index >= 15 is 0 Å². The topological polar surface area (TPSA) is 47.6 Å². The summed E-state index contributed by atoms with van der Waals surface area (Å²) in [4.78, 5) is 10.8. The highest BCUT2D eigenvalue weighted by molar-refractivity contribution is 5.96. The van der Waals surface area contributed by atoms with Gasteiger partial charge in [-0.2, -0.15) is 13.2 Å². The Morgan fingerprint density at radius 2 is 1.88 bits per heavy atom. The number of methoxy groups -OCH3 is 2. The van der Waals surface area contributed by atoms with Crippen LogP contribution in [0, 0.1) is 0 Å². The maximum atomic E-state index is 12.1. The average molecular weight is 249 g/mol. The summed E-state index contributed by atoms with van der Waals surface area (Å²) in [5.74, 6) is -1.64. The van der Waals surface area contributed by atoms with Crippen LogP contribution in [-0.4, -0.2) is 26.3 Å². The predicted octanol–water partition coefficient (Wildman–Crippen LogP) is 2.20. The highest BCUT2D eigenvalue weighted by Crippen LogP contribution is 2.30. The van der Waals surface area contributed by atoms with Gasteiger partial charge in [-0.25, -0.2) is 0 Å². The minimum atomic E-state index is -4.95. The molecule has 0 saturated heterocycles. The standard InChI is InChI=1S/C10H10F3NO3/c1-16-6-3-4-8(17-2)7(5-6)14-9(15)10(11,12)13/h3-5H,1-2H3,(H,14,15). The fourth-order valence-electron chi connectivity index (χ4n) is 1.10. The Morgan fingerprint density at radius 3 is 2.35 bits per heavy atom. The Hall–Kier alpha value is -1.92. The molecule has 17 heavy (non-hydrogen) atoms. The first-order chi connectivity index (χ1) is 7.88. The van der Waals surface area contributed by atoms with E-state index in [1.54, 1.807) is 5.32 Å². The molecular formula is C10H10F3NO3. The smallest absolute Gasteiger partial charge is 0.471 e. The molecule has 0 spiro atoms. The first-order valence-electron chi connectivity index (χ1n) is 4.48. The molecule has 0 aliphatic rings. The lowest BCUT2D eigenvalue weighted by Gasteiger charge is -2.12. The fraction of sp³-hybridized carbons (Fsp3) is 0.300. The third kappa shape index (κ3) is 3.27. The summed E-state index contributed by atoms with van der Waals surface area (Å²) in [5, 5.41) is 1.71. The molecule has 0 heterocycles. The Morgan fingerprint density at radius 1 is 1.24 bits per heavy atom. The Kier molecular flexibility index (Phi) is 3.82. The molecule has 0 radical (unpaired) electrons. The molecule has 4 nitrogen and oxygen atoms in total. The van der Waals surface area contributed by atoms with E-state index in [9.17, 15) is 18.0 Å². The van der Waals surface area contributed by atoms with Gasteiger partial charge in [0.2, 0.25) is 0 Å². The van der Waals surface area contributed by atoms with E-state index in [-0.39, 0.29) is 11.4 Å². The quantitative estimate of drug-likeness (QED) is 0.893. The zero-order valence-corrected chi connectivity index (χ0v) is 9.09. The molecule has 1 aromatic carbocycles.